The monoisotopic (exact) mass is 304 g/mol. The highest BCUT2D eigenvalue weighted by molar-refractivity contribution is 7.77. The number of benzene rings is 1. The Balaban J connectivity index is 2.07. The zero-order valence-electron chi connectivity index (χ0n) is 12.5. The van der Waals surface area contributed by atoms with Crippen LogP contribution in [0.4, 0.5) is 0 Å². The average Bonchev–Trinajstić information content (AvgIpc) is 2.72. The van der Waals surface area contributed by atoms with Gasteiger partial charge >= 0.3 is 12.9 Å². The van der Waals surface area contributed by atoms with Gasteiger partial charge in [-0.3, -0.25) is 4.57 Å². The van der Waals surface area contributed by atoms with E-state index in [1.54, 1.807) is 0 Å². The van der Waals surface area contributed by atoms with E-state index in [9.17, 15) is 10.1 Å². The zero-order chi connectivity index (χ0) is 15.0. The molecule has 0 unspecified atom stereocenters. The number of hydrogen-bond donors (Lipinski definition) is 0. The molecule has 21 heavy (non-hydrogen) atoms. The molecular weight excluding hydrogens is 283 g/mol. The van der Waals surface area contributed by atoms with Gasteiger partial charge in [0.2, 0.25) is 0 Å². The topological polar surface area (TPSA) is 60.0 Å². The molecule has 0 N–H and O–H groups in total. The second-order valence-corrected chi connectivity index (χ2v) is 8.67. The van der Waals surface area contributed by atoms with Crippen LogP contribution in [0, 0.1) is 0 Å². The first-order valence-electron chi connectivity index (χ1n) is 7.45. The summed E-state index contributed by atoms with van der Waals surface area (Å²) in [6.07, 6.45) is 4.47. The highest BCUT2D eigenvalue weighted by Gasteiger charge is 2.58. The Hall–Kier alpha value is -1.25. The maximum Gasteiger partial charge on any atom is 0.384 e. The summed E-state index contributed by atoms with van der Waals surface area (Å²) in [5.41, 5.74) is 10.6. The van der Waals surface area contributed by atoms with E-state index >= 15 is 0 Å². The molecule has 1 aliphatic heterocycles. The number of hydrogen-bond acceptors (Lipinski definition) is 1. The lowest BCUT2D eigenvalue weighted by Gasteiger charge is -2.28. The summed E-state index contributed by atoms with van der Waals surface area (Å²) in [6.45, 7) is 0. The number of nitrogens with zero attached hydrogens (tertiary/aromatic N) is 4. The van der Waals surface area contributed by atoms with Gasteiger partial charge in [0, 0.05) is 12.1 Å². The molecule has 112 valence electrons. The van der Waals surface area contributed by atoms with Gasteiger partial charge in [0.05, 0.1) is 5.56 Å². The number of fused-ring (bicyclic) bond motifs is 1. The molecule has 1 aromatic carbocycles. The first kappa shape index (κ1) is 14.7. The second kappa shape index (κ2) is 5.51. The van der Waals surface area contributed by atoms with Crippen LogP contribution < -0.4 is 0 Å². The first-order chi connectivity index (χ1) is 10.1. The van der Waals surface area contributed by atoms with Crippen molar-refractivity contribution in [1.82, 2.24) is 9.34 Å². The Morgan fingerprint density at radius 1 is 1.14 bits per heavy atom. The van der Waals surface area contributed by atoms with Gasteiger partial charge in [-0.25, -0.2) is 9.34 Å². The molecule has 2 atom stereocenters. The lowest BCUT2D eigenvalue weighted by molar-refractivity contribution is -0.000439. The van der Waals surface area contributed by atoms with E-state index in [4.69, 9.17) is 0 Å². The van der Waals surface area contributed by atoms with Crippen LogP contribution in [0.25, 0.3) is 5.53 Å². The zero-order valence-corrected chi connectivity index (χ0v) is 13.4. The summed E-state index contributed by atoms with van der Waals surface area (Å²) in [6, 6.07) is 9.91. The molecule has 0 amide bonds. The van der Waals surface area contributed by atoms with Gasteiger partial charge in [0.1, 0.15) is 0 Å². The summed E-state index contributed by atoms with van der Waals surface area (Å²) in [7, 11) is 0.785. The molecule has 0 bridgehead atoms. The summed E-state index contributed by atoms with van der Waals surface area (Å²) < 4.78 is 17.6. The third kappa shape index (κ3) is 2.13. The lowest BCUT2D eigenvalue weighted by Crippen LogP contribution is -2.37. The van der Waals surface area contributed by atoms with Gasteiger partial charge in [-0.15, -0.1) is 0 Å². The minimum Gasteiger partial charge on any atom is -0.360 e. The van der Waals surface area contributed by atoms with Gasteiger partial charge in [-0.1, -0.05) is 31.0 Å². The van der Waals surface area contributed by atoms with E-state index in [0.717, 1.165) is 18.4 Å². The minimum absolute atomic E-state index is 0.287. The van der Waals surface area contributed by atoms with Crippen LogP contribution in [0.1, 0.15) is 31.2 Å². The van der Waals surface area contributed by atoms with Crippen molar-refractivity contribution in [2.24, 2.45) is 0 Å². The fraction of sp³-hybridized carbons (Fsp3) is 0.533. The van der Waals surface area contributed by atoms with Gasteiger partial charge in [-0.2, -0.15) is 4.79 Å². The van der Waals surface area contributed by atoms with Crippen molar-refractivity contribution in [3.63, 3.8) is 0 Å². The van der Waals surface area contributed by atoms with E-state index in [-0.39, 0.29) is 12.1 Å². The normalized spacial score (nSPS) is 28.9. The van der Waals surface area contributed by atoms with Crippen molar-refractivity contribution < 1.29 is 9.35 Å². The van der Waals surface area contributed by atoms with Crippen molar-refractivity contribution in [3.05, 3.63) is 41.4 Å². The smallest absolute Gasteiger partial charge is 0.360 e. The molecule has 2 aliphatic rings. The van der Waals surface area contributed by atoms with E-state index in [1.165, 1.54) is 12.8 Å². The van der Waals surface area contributed by atoms with Gasteiger partial charge < -0.3 is 5.53 Å². The fourth-order valence-corrected chi connectivity index (χ4v) is 6.75. The van der Waals surface area contributed by atoms with Crippen molar-refractivity contribution in [2.75, 3.05) is 14.1 Å². The third-order valence-corrected chi connectivity index (χ3v) is 8.11. The average molecular weight is 304 g/mol. The van der Waals surface area contributed by atoms with Crippen molar-refractivity contribution in [2.45, 2.75) is 37.8 Å². The van der Waals surface area contributed by atoms with Gasteiger partial charge in [-0.05, 0) is 39.1 Å². The molecule has 3 rings (SSSR count). The Kier molecular flexibility index (Phi) is 3.85. The van der Waals surface area contributed by atoms with Crippen LogP contribution in [0.3, 0.4) is 0 Å². The Morgan fingerprint density at radius 3 is 2.14 bits per heavy atom. The SMILES string of the molecule is CN1[C@H]2CCCC[C@@H]2N(C)P1(=O)C(=[N+]=[N-])c1ccccc1. The molecule has 0 aromatic heterocycles. The summed E-state index contributed by atoms with van der Waals surface area (Å²) in [5.74, 6) is 0. The Bertz CT molecular complexity index is 604. The predicted octanol–water partition coefficient (Wildman–Crippen LogP) is 3.04. The highest BCUT2D eigenvalue weighted by atomic mass is 31.2. The van der Waals surface area contributed by atoms with Crippen LogP contribution in [0.5, 0.6) is 0 Å². The minimum atomic E-state index is -3.02. The Morgan fingerprint density at radius 2 is 1.67 bits per heavy atom. The maximum absolute atomic E-state index is 13.7. The fourth-order valence-electron chi connectivity index (χ4n) is 3.76. The predicted molar refractivity (Wildman–Crippen MR) is 83.3 cm³/mol. The standard InChI is InChI=1S/C15H21N4OP/c1-18-13-10-6-7-11-14(13)19(2)21(18,20)15(17-16)12-8-4-3-5-9-12/h3-5,8-9,13-14H,6-7,10-11H2,1-2H3/t13-,14-/m0/s1. The van der Waals surface area contributed by atoms with Gasteiger partial charge in [0.25, 0.3) is 0 Å². The van der Waals surface area contributed by atoms with Gasteiger partial charge in [0.15, 0.2) is 0 Å². The molecule has 1 aliphatic carbocycles. The summed E-state index contributed by atoms with van der Waals surface area (Å²) in [5, 5.41) is 0. The van der Waals surface area contributed by atoms with E-state index < -0.39 is 7.44 Å². The largest absolute Gasteiger partial charge is 0.384 e. The molecule has 0 spiro atoms. The molecule has 5 nitrogen and oxygen atoms in total. The molecule has 1 saturated carbocycles. The van der Waals surface area contributed by atoms with Crippen molar-refractivity contribution in [3.8, 4) is 0 Å². The number of rotatable bonds is 2. The van der Waals surface area contributed by atoms with Crippen LogP contribution >= 0.6 is 7.44 Å². The van der Waals surface area contributed by atoms with Crippen molar-refractivity contribution >= 4 is 12.9 Å². The van der Waals surface area contributed by atoms with Crippen molar-refractivity contribution in [1.29, 1.82) is 0 Å². The quantitative estimate of drug-likeness (QED) is 0.365. The van der Waals surface area contributed by atoms with Crippen LogP contribution in [-0.2, 0) is 4.57 Å². The third-order valence-electron chi connectivity index (χ3n) is 4.91. The number of likely N-dealkylation sites (N-methyl/N-ethyl adjacent to an activating group) is 2. The van der Waals surface area contributed by atoms with Crippen LogP contribution in [0.15, 0.2) is 30.3 Å². The molecule has 1 saturated heterocycles. The molecule has 1 heterocycles. The molecule has 0 radical (unpaired) electrons. The highest BCUT2D eigenvalue weighted by Crippen LogP contribution is 2.63. The van der Waals surface area contributed by atoms with Crippen LogP contribution in [-0.4, -0.2) is 45.8 Å². The summed E-state index contributed by atoms with van der Waals surface area (Å²) >= 11 is 0. The van der Waals surface area contributed by atoms with Crippen LogP contribution in [0.2, 0.25) is 0 Å². The molecule has 2 fully saturated rings. The molecule has 1 aromatic rings. The lowest BCUT2D eigenvalue weighted by atomic mass is 9.91. The summed E-state index contributed by atoms with van der Waals surface area (Å²) in [4.78, 5) is 3.44. The second-order valence-electron chi connectivity index (χ2n) is 5.90. The molecule has 6 heteroatoms. The van der Waals surface area contributed by atoms with E-state index in [2.05, 4.69) is 4.79 Å². The first-order valence-corrected chi connectivity index (χ1v) is 9.06. The maximum atomic E-state index is 13.7. The van der Waals surface area contributed by atoms with E-state index in [1.807, 2.05) is 53.8 Å². The van der Waals surface area contributed by atoms with E-state index in [0.29, 0.717) is 5.45 Å². The molecular formula is C15H21N4OP. The Labute approximate surface area is 125 Å².